The first-order valence-electron chi connectivity index (χ1n) is 3.40. The molecular formula is C8H13. The molecule has 0 amide bonds. The van der Waals surface area contributed by atoms with Crippen molar-refractivity contribution in [3.8, 4) is 0 Å². The molecule has 0 aromatic heterocycles. The van der Waals surface area contributed by atoms with E-state index in [0.717, 1.165) is 6.42 Å². The lowest BCUT2D eigenvalue weighted by Gasteiger charge is -2.15. The Kier molecular flexibility index (Phi) is 2.13. The summed E-state index contributed by atoms with van der Waals surface area (Å²) in [5, 5.41) is 0. The van der Waals surface area contributed by atoms with Gasteiger partial charge >= 0.3 is 0 Å². The third-order valence-corrected chi connectivity index (χ3v) is 1.63. The maximum Gasteiger partial charge on any atom is -0.0317 e. The number of hydrogen-bond donors (Lipinski definition) is 0. The third kappa shape index (κ3) is 1.36. The minimum absolute atomic E-state index is 1.06. The fraction of sp³-hybridized carbons (Fsp3) is 0.625. The molecule has 0 nitrogen and oxygen atoms in total. The molecule has 1 rings (SSSR count). The monoisotopic (exact) mass is 109 g/mol. The first-order chi connectivity index (χ1) is 3.93. The van der Waals surface area contributed by atoms with Crippen molar-refractivity contribution in [1.82, 2.24) is 0 Å². The maximum absolute atomic E-state index is 3.77. The fourth-order valence-electron chi connectivity index (χ4n) is 0.891. The van der Waals surface area contributed by atoms with Gasteiger partial charge in [-0.15, -0.1) is 0 Å². The second-order valence-electron chi connectivity index (χ2n) is 2.36. The number of unbranched alkanes of at least 4 members (excludes halogenated alkanes) is 1. The molecule has 0 atom stereocenters. The summed E-state index contributed by atoms with van der Waals surface area (Å²) in [6.07, 6.45) is 8.73. The highest BCUT2D eigenvalue weighted by Gasteiger charge is 2.05. The Bertz CT molecular complexity index is 84.2. The van der Waals surface area contributed by atoms with E-state index in [9.17, 15) is 0 Å². The van der Waals surface area contributed by atoms with Crippen LogP contribution in [0.25, 0.3) is 0 Å². The largest absolute Gasteiger partial charge is 0.0853 e. The predicted molar refractivity (Wildman–Crippen MR) is 36.5 cm³/mol. The van der Waals surface area contributed by atoms with Gasteiger partial charge in [0, 0.05) is 0 Å². The zero-order valence-electron chi connectivity index (χ0n) is 5.32. The molecule has 0 aromatic carbocycles. The molecule has 1 saturated carbocycles. The lowest BCUT2D eigenvalue weighted by molar-refractivity contribution is 0.655. The van der Waals surface area contributed by atoms with Gasteiger partial charge in [0.2, 0.25) is 0 Å². The van der Waals surface area contributed by atoms with Gasteiger partial charge in [-0.1, -0.05) is 18.6 Å². The van der Waals surface area contributed by atoms with E-state index in [-0.39, 0.29) is 0 Å². The molecule has 0 heterocycles. The number of rotatable bonds is 2. The van der Waals surface area contributed by atoms with Crippen LogP contribution in [0.15, 0.2) is 11.6 Å². The lowest BCUT2D eigenvalue weighted by Crippen LogP contribution is -1.95. The molecule has 1 aliphatic rings. The molecular weight excluding hydrogens is 96.1 g/mol. The van der Waals surface area contributed by atoms with Crippen molar-refractivity contribution in [2.45, 2.75) is 32.1 Å². The Morgan fingerprint density at radius 3 is 2.62 bits per heavy atom. The zero-order valence-corrected chi connectivity index (χ0v) is 5.32. The highest BCUT2D eigenvalue weighted by Crippen LogP contribution is 2.25. The average Bonchev–Trinajstić information content (AvgIpc) is 1.63. The van der Waals surface area contributed by atoms with Gasteiger partial charge in [-0.3, -0.25) is 0 Å². The van der Waals surface area contributed by atoms with E-state index in [1.54, 1.807) is 5.57 Å². The molecule has 0 aromatic rings. The van der Waals surface area contributed by atoms with Crippen LogP contribution in [0.3, 0.4) is 0 Å². The number of hydrogen-bond acceptors (Lipinski definition) is 0. The van der Waals surface area contributed by atoms with Gasteiger partial charge in [0.1, 0.15) is 0 Å². The first kappa shape index (κ1) is 5.87. The van der Waals surface area contributed by atoms with E-state index in [4.69, 9.17) is 0 Å². The van der Waals surface area contributed by atoms with E-state index in [2.05, 4.69) is 13.0 Å². The predicted octanol–water partition coefficient (Wildman–Crippen LogP) is 2.71. The van der Waals surface area contributed by atoms with E-state index in [1.165, 1.54) is 25.7 Å². The summed E-state index contributed by atoms with van der Waals surface area (Å²) >= 11 is 0. The van der Waals surface area contributed by atoms with Crippen molar-refractivity contribution in [3.05, 3.63) is 18.6 Å². The molecule has 45 valence electrons. The minimum Gasteiger partial charge on any atom is -0.0853 e. The molecule has 1 radical (unpaired) electrons. The van der Waals surface area contributed by atoms with Crippen LogP contribution in [0.2, 0.25) is 0 Å². The summed E-state index contributed by atoms with van der Waals surface area (Å²) in [7, 11) is 0. The van der Waals surface area contributed by atoms with Gasteiger partial charge < -0.3 is 0 Å². The van der Waals surface area contributed by atoms with Gasteiger partial charge in [0.05, 0.1) is 0 Å². The summed E-state index contributed by atoms with van der Waals surface area (Å²) in [4.78, 5) is 0. The lowest BCUT2D eigenvalue weighted by atomic mass is 9.91. The molecule has 0 N–H and O–H groups in total. The van der Waals surface area contributed by atoms with Crippen molar-refractivity contribution in [2.75, 3.05) is 0 Å². The van der Waals surface area contributed by atoms with Gasteiger partial charge in [0.15, 0.2) is 0 Å². The maximum atomic E-state index is 3.77. The summed E-state index contributed by atoms with van der Waals surface area (Å²) in [5.41, 5.74) is 1.66. The Hall–Kier alpha value is -0.260. The van der Waals surface area contributed by atoms with Crippen LogP contribution in [0.4, 0.5) is 0 Å². The molecule has 0 aliphatic heterocycles. The topological polar surface area (TPSA) is 0 Å². The Morgan fingerprint density at radius 2 is 2.25 bits per heavy atom. The smallest absolute Gasteiger partial charge is 0.0317 e. The van der Waals surface area contributed by atoms with Gasteiger partial charge in [-0.25, -0.2) is 0 Å². The second kappa shape index (κ2) is 2.91. The fourth-order valence-corrected chi connectivity index (χ4v) is 0.891. The molecule has 1 aliphatic carbocycles. The van der Waals surface area contributed by atoms with Crippen LogP contribution in [-0.2, 0) is 0 Å². The second-order valence-corrected chi connectivity index (χ2v) is 2.36. The normalized spacial score (nSPS) is 17.9. The summed E-state index contributed by atoms with van der Waals surface area (Å²) < 4.78 is 0. The van der Waals surface area contributed by atoms with Crippen LogP contribution in [0, 0.1) is 6.92 Å². The first-order valence-corrected chi connectivity index (χ1v) is 3.40. The molecule has 0 spiro atoms. The highest BCUT2D eigenvalue weighted by molar-refractivity contribution is 5.08. The van der Waals surface area contributed by atoms with Gasteiger partial charge in [-0.2, -0.15) is 0 Å². The van der Waals surface area contributed by atoms with Crippen LogP contribution in [-0.4, -0.2) is 0 Å². The molecule has 8 heavy (non-hydrogen) atoms. The van der Waals surface area contributed by atoms with Crippen LogP contribution in [0.1, 0.15) is 32.1 Å². The Labute approximate surface area is 51.6 Å². The quantitative estimate of drug-likeness (QED) is 0.478. The highest BCUT2D eigenvalue weighted by atomic mass is 14.1. The summed E-state index contributed by atoms with van der Waals surface area (Å²) in [6, 6.07) is 0. The Morgan fingerprint density at radius 1 is 1.50 bits per heavy atom. The van der Waals surface area contributed by atoms with Crippen LogP contribution < -0.4 is 0 Å². The van der Waals surface area contributed by atoms with Crippen LogP contribution in [0.5, 0.6) is 0 Å². The molecule has 0 saturated heterocycles. The van der Waals surface area contributed by atoms with E-state index >= 15 is 0 Å². The number of allylic oxidation sites excluding steroid dienone is 2. The SMILES string of the molecule is [CH2]CCC=C1CCC1. The van der Waals surface area contributed by atoms with Gasteiger partial charge in [-0.05, 0) is 32.1 Å². The summed E-state index contributed by atoms with van der Waals surface area (Å²) in [6.45, 7) is 3.77. The van der Waals surface area contributed by atoms with Crippen molar-refractivity contribution in [2.24, 2.45) is 0 Å². The Balaban J connectivity index is 2.11. The van der Waals surface area contributed by atoms with Crippen molar-refractivity contribution < 1.29 is 0 Å². The van der Waals surface area contributed by atoms with Crippen molar-refractivity contribution in [1.29, 1.82) is 0 Å². The third-order valence-electron chi connectivity index (χ3n) is 1.63. The van der Waals surface area contributed by atoms with Crippen molar-refractivity contribution >= 4 is 0 Å². The van der Waals surface area contributed by atoms with E-state index in [1.807, 2.05) is 0 Å². The molecule has 1 fully saturated rings. The molecule has 0 unspecified atom stereocenters. The van der Waals surface area contributed by atoms with E-state index < -0.39 is 0 Å². The average molecular weight is 109 g/mol. The minimum atomic E-state index is 1.06. The van der Waals surface area contributed by atoms with Crippen LogP contribution >= 0.6 is 0 Å². The zero-order chi connectivity index (χ0) is 5.82. The molecule has 0 bridgehead atoms. The standard InChI is InChI=1S/C8H13/c1-2-3-5-8-6-4-7-8/h5H,1-4,6-7H2. The molecule has 0 heteroatoms. The summed E-state index contributed by atoms with van der Waals surface area (Å²) in [5.74, 6) is 0. The van der Waals surface area contributed by atoms with Crippen molar-refractivity contribution in [3.63, 3.8) is 0 Å². The van der Waals surface area contributed by atoms with Gasteiger partial charge in [0.25, 0.3) is 0 Å². The van der Waals surface area contributed by atoms with E-state index in [0.29, 0.717) is 0 Å².